The number of hydrogen-bond acceptors (Lipinski definition) is 5. The molecule has 298 valence electrons. The fraction of sp³-hybridized carbons (Fsp3) is 0. The van der Waals surface area contributed by atoms with Gasteiger partial charge >= 0.3 is 0 Å². The van der Waals surface area contributed by atoms with Gasteiger partial charge in [0.25, 0.3) is 0 Å². The van der Waals surface area contributed by atoms with Gasteiger partial charge in [0, 0.05) is 59.4 Å². The van der Waals surface area contributed by atoms with E-state index in [0.29, 0.717) is 0 Å². The molecule has 0 N–H and O–H groups in total. The summed E-state index contributed by atoms with van der Waals surface area (Å²) < 4.78 is 4.97. The summed E-state index contributed by atoms with van der Waals surface area (Å²) in [6.07, 6.45) is 0. The van der Waals surface area contributed by atoms with Crippen LogP contribution in [0.1, 0.15) is 0 Å². The van der Waals surface area contributed by atoms with Crippen LogP contribution in [-0.2, 0) is 0 Å². The summed E-state index contributed by atoms with van der Waals surface area (Å²) >= 11 is 3.74. The number of anilines is 9. The van der Waals surface area contributed by atoms with Crippen molar-refractivity contribution in [3.8, 4) is 0 Å². The van der Waals surface area contributed by atoms with Gasteiger partial charge in [-0.3, -0.25) is 0 Å². The minimum Gasteiger partial charge on any atom is -0.310 e. The molecule has 0 aliphatic carbocycles. The third kappa shape index (κ3) is 6.40. The summed E-state index contributed by atoms with van der Waals surface area (Å²) in [4.78, 5) is 7.34. The molecule has 0 radical (unpaired) electrons. The highest BCUT2D eigenvalue weighted by atomic mass is 32.1. The molecule has 0 unspecified atom stereocenters. The summed E-state index contributed by atoms with van der Waals surface area (Å²) in [6.45, 7) is 0. The molecule has 0 atom stereocenters. The maximum absolute atomic E-state index is 2.50. The Bertz CT molecular complexity index is 3540. The Labute approximate surface area is 374 Å². The van der Waals surface area contributed by atoms with Crippen LogP contribution in [0.2, 0.25) is 0 Å². The van der Waals surface area contributed by atoms with Crippen LogP contribution < -0.4 is 14.7 Å². The number of fused-ring (bicyclic) bond motifs is 7. The number of benzene rings is 10. The Morgan fingerprint density at radius 1 is 0.254 bits per heavy atom. The van der Waals surface area contributed by atoms with E-state index in [1.54, 1.807) is 0 Å². The van der Waals surface area contributed by atoms with Gasteiger partial charge < -0.3 is 14.7 Å². The lowest BCUT2D eigenvalue weighted by atomic mass is 10.0. The van der Waals surface area contributed by atoms with Crippen LogP contribution in [0.4, 0.5) is 51.2 Å². The smallest absolute Gasteiger partial charge is 0.0642 e. The largest absolute Gasteiger partial charge is 0.310 e. The Morgan fingerprint density at radius 3 is 1.13 bits per heavy atom. The van der Waals surface area contributed by atoms with Crippen molar-refractivity contribution in [3.05, 3.63) is 237 Å². The van der Waals surface area contributed by atoms with Gasteiger partial charge in [-0.25, -0.2) is 0 Å². The first kappa shape index (κ1) is 37.1. The Balaban J connectivity index is 1.14. The second kappa shape index (κ2) is 15.6. The average molecular weight is 842 g/mol. The van der Waals surface area contributed by atoms with Gasteiger partial charge in [0.15, 0.2) is 0 Å². The molecule has 0 amide bonds. The minimum absolute atomic E-state index is 1.10. The summed E-state index contributed by atoms with van der Waals surface area (Å²) in [7, 11) is 0. The summed E-state index contributed by atoms with van der Waals surface area (Å²) in [6, 6.07) is 85.8. The molecule has 12 rings (SSSR count). The molecule has 0 saturated carbocycles. The van der Waals surface area contributed by atoms with Crippen molar-refractivity contribution in [2.24, 2.45) is 0 Å². The molecule has 0 saturated heterocycles. The highest BCUT2D eigenvalue weighted by molar-refractivity contribution is 7.27. The maximum atomic E-state index is 2.50. The predicted octanol–water partition coefficient (Wildman–Crippen LogP) is 18.0. The Hall–Kier alpha value is -7.70. The van der Waals surface area contributed by atoms with Gasteiger partial charge in [0.1, 0.15) is 0 Å². The summed E-state index contributed by atoms with van der Waals surface area (Å²) in [5, 5.41) is 7.38. The number of para-hydroxylation sites is 4. The number of hydrogen-bond donors (Lipinski definition) is 0. The summed E-state index contributed by atoms with van der Waals surface area (Å²) in [5.41, 5.74) is 10.1. The quantitative estimate of drug-likeness (QED) is 0.143. The molecule has 0 aliphatic rings. The average Bonchev–Trinajstić information content (AvgIpc) is 3.95. The molecule has 0 fully saturated rings. The lowest BCUT2D eigenvalue weighted by molar-refractivity contribution is 1.28. The zero-order valence-corrected chi connectivity index (χ0v) is 35.8. The standard InChI is InChI=1S/C58H39N3S2/c1-5-21-42(22-6-1)59(43-23-7-2-8-24-43)51-37-36-50(56-48-30-16-18-32-54(48)62-57(51)56)61(45-27-11-4-12-28-45)52-38-35-49(55-47-29-15-17-31-53(47)63-58(52)55)60(44-25-9-3-10-26-44)46-34-33-40-19-13-14-20-41(40)39-46/h1-39H. The van der Waals surface area contributed by atoms with Crippen LogP contribution in [0.5, 0.6) is 0 Å². The minimum atomic E-state index is 1.10. The van der Waals surface area contributed by atoms with Crippen molar-refractivity contribution in [1.29, 1.82) is 0 Å². The van der Waals surface area contributed by atoms with Crippen LogP contribution >= 0.6 is 22.7 Å². The lowest BCUT2D eigenvalue weighted by Gasteiger charge is -2.31. The molecular weight excluding hydrogens is 803 g/mol. The fourth-order valence-electron chi connectivity index (χ4n) is 9.21. The van der Waals surface area contributed by atoms with E-state index in [0.717, 1.165) is 51.2 Å². The zero-order valence-electron chi connectivity index (χ0n) is 34.2. The predicted molar refractivity (Wildman–Crippen MR) is 274 cm³/mol. The molecule has 2 heterocycles. The molecule has 63 heavy (non-hydrogen) atoms. The second-order valence-corrected chi connectivity index (χ2v) is 17.8. The van der Waals surface area contributed by atoms with Crippen LogP contribution in [0.25, 0.3) is 51.1 Å². The number of rotatable bonds is 9. The van der Waals surface area contributed by atoms with Crippen molar-refractivity contribution in [2.75, 3.05) is 14.7 Å². The molecule has 0 spiro atoms. The first-order valence-electron chi connectivity index (χ1n) is 21.3. The van der Waals surface area contributed by atoms with E-state index in [4.69, 9.17) is 0 Å². The molecule has 3 nitrogen and oxygen atoms in total. The third-order valence-electron chi connectivity index (χ3n) is 12.0. The Morgan fingerprint density at radius 2 is 0.619 bits per heavy atom. The lowest BCUT2D eigenvalue weighted by Crippen LogP contribution is -2.14. The van der Waals surface area contributed by atoms with Crippen LogP contribution in [0.3, 0.4) is 0 Å². The molecule has 12 aromatic rings. The highest BCUT2D eigenvalue weighted by Crippen LogP contribution is 2.54. The van der Waals surface area contributed by atoms with Crippen LogP contribution in [0, 0.1) is 0 Å². The van der Waals surface area contributed by atoms with Crippen molar-refractivity contribution in [3.63, 3.8) is 0 Å². The van der Waals surface area contributed by atoms with Gasteiger partial charge in [-0.15, -0.1) is 22.7 Å². The van der Waals surface area contributed by atoms with Crippen molar-refractivity contribution < 1.29 is 0 Å². The van der Waals surface area contributed by atoms with E-state index in [1.807, 2.05) is 22.7 Å². The van der Waals surface area contributed by atoms with Crippen molar-refractivity contribution >= 4 is 125 Å². The molecule has 0 bridgehead atoms. The third-order valence-corrected chi connectivity index (χ3v) is 14.4. The van der Waals surface area contributed by atoms with Crippen molar-refractivity contribution in [1.82, 2.24) is 0 Å². The maximum Gasteiger partial charge on any atom is 0.0642 e. The van der Waals surface area contributed by atoms with E-state index in [-0.39, 0.29) is 0 Å². The first-order chi connectivity index (χ1) is 31.3. The first-order valence-corrected chi connectivity index (χ1v) is 22.9. The second-order valence-electron chi connectivity index (χ2n) is 15.7. The SMILES string of the molecule is c1ccc(N(c2ccccc2)c2ccc(N(c3ccccc3)c3ccc(N(c4ccccc4)c4ccc5ccccc5c4)c4c3sc3ccccc34)c3c2sc2ccccc23)cc1. The fourth-order valence-corrected chi connectivity index (χ4v) is 11.7. The van der Waals surface area contributed by atoms with E-state index in [1.165, 1.54) is 51.1 Å². The van der Waals surface area contributed by atoms with Gasteiger partial charge in [-0.1, -0.05) is 140 Å². The summed E-state index contributed by atoms with van der Waals surface area (Å²) in [5.74, 6) is 0. The molecule has 5 heteroatoms. The van der Waals surface area contributed by atoms with Gasteiger partial charge in [0.2, 0.25) is 0 Å². The highest BCUT2D eigenvalue weighted by Gasteiger charge is 2.27. The number of thiophene rings is 2. The van der Waals surface area contributed by atoms with E-state index >= 15 is 0 Å². The van der Waals surface area contributed by atoms with Crippen LogP contribution in [-0.4, -0.2) is 0 Å². The normalized spacial score (nSPS) is 11.5. The molecular formula is C58H39N3S2. The topological polar surface area (TPSA) is 9.72 Å². The molecule has 10 aromatic carbocycles. The van der Waals surface area contributed by atoms with Gasteiger partial charge in [0.05, 0.1) is 32.1 Å². The van der Waals surface area contributed by atoms with E-state index in [9.17, 15) is 0 Å². The molecule has 0 aliphatic heterocycles. The van der Waals surface area contributed by atoms with E-state index < -0.39 is 0 Å². The van der Waals surface area contributed by atoms with Gasteiger partial charge in [-0.2, -0.15) is 0 Å². The van der Waals surface area contributed by atoms with E-state index in [2.05, 4.69) is 251 Å². The van der Waals surface area contributed by atoms with Gasteiger partial charge in [-0.05, 0) is 108 Å². The Kier molecular flexibility index (Phi) is 9.21. The molecule has 2 aromatic heterocycles. The monoisotopic (exact) mass is 841 g/mol. The number of nitrogens with zero attached hydrogens (tertiary/aromatic N) is 3. The van der Waals surface area contributed by atoms with Crippen molar-refractivity contribution in [2.45, 2.75) is 0 Å². The zero-order chi connectivity index (χ0) is 41.7. The van der Waals surface area contributed by atoms with Crippen LogP contribution in [0.15, 0.2) is 237 Å².